The molecule has 0 unspecified atom stereocenters. The third-order valence-corrected chi connectivity index (χ3v) is 3.58. The van der Waals surface area contributed by atoms with Crippen molar-refractivity contribution in [1.82, 2.24) is 0 Å². The molecule has 0 atom stereocenters. The maximum absolute atomic E-state index is 12.1. The number of methoxy groups -OCH3 is 1. The Kier molecular flexibility index (Phi) is 4.70. The van der Waals surface area contributed by atoms with E-state index in [0.29, 0.717) is 11.3 Å². The number of rotatable bonds is 6. The van der Waals surface area contributed by atoms with Gasteiger partial charge < -0.3 is 18.6 Å². The Hall–Kier alpha value is -2.95. The van der Waals surface area contributed by atoms with E-state index in [0.717, 1.165) is 16.7 Å². The fourth-order valence-electron chi connectivity index (χ4n) is 2.47. The van der Waals surface area contributed by atoms with Crippen molar-refractivity contribution in [3.8, 4) is 11.5 Å². The summed E-state index contributed by atoms with van der Waals surface area (Å²) in [6, 6.07) is 14.9. The minimum atomic E-state index is -0.538. The molecule has 0 bridgehead atoms. The summed E-state index contributed by atoms with van der Waals surface area (Å²) in [4.78, 5) is 12.1. The first-order valence-corrected chi connectivity index (χ1v) is 7.68. The molecule has 0 spiro atoms. The third-order valence-electron chi connectivity index (χ3n) is 3.58. The molecule has 0 N–H and O–H groups in total. The van der Waals surface area contributed by atoms with Crippen molar-refractivity contribution < 1.29 is 23.4 Å². The van der Waals surface area contributed by atoms with E-state index < -0.39 is 5.97 Å². The van der Waals surface area contributed by atoms with Gasteiger partial charge in [0, 0.05) is 5.56 Å². The molecule has 1 aromatic heterocycles. The lowest BCUT2D eigenvalue weighted by atomic mass is 10.2. The van der Waals surface area contributed by atoms with E-state index in [2.05, 4.69) is 0 Å². The van der Waals surface area contributed by atoms with Crippen LogP contribution in [-0.2, 0) is 11.3 Å². The first-order valence-electron chi connectivity index (χ1n) is 7.68. The van der Waals surface area contributed by atoms with E-state index in [1.54, 1.807) is 20.1 Å². The molecule has 0 aliphatic heterocycles. The summed E-state index contributed by atoms with van der Waals surface area (Å²) in [6.45, 7) is 2.26. The van der Waals surface area contributed by atoms with Crippen LogP contribution in [0.2, 0.25) is 0 Å². The van der Waals surface area contributed by atoms with Crippen molar-refractivity contribution in [2.45, 2.75) is 13.5 Å². The molecule has 1 heterocycles. The van der Waals surface area contributed by atoms with Gasteiger partial charge in [-0.3, -0.25) is 0 Å². The van der Waals surface area contributed by atoms with Crippen LogP contribution >= 0.6 is 0 Å². The van der Waals surface area contributed by atoms with Gasteiger partial charge in [-0.25, -0.2) is 4.79 Å². The highest BCUT2D eigenvalue weighted by atomic mass is 16.6. The van der Waals surface area contributed by atoms with Gasteiger partial charge in [-0.15, -0.1) is 0 Å². The minimum Gasteiger partial charge on any atom is -0.496 e. The van der Waals surface area contributed by atoms with Crippen molar-refractivity contribution >= 4 is 16.9 Å². The maximum Gasteiger partial charge on any atom is 0.378 e. The zero-order valence-electron chi connectivity index (χ0n) is 13.6. The fourth-order valence-corrected chi connectivity index (χ4v) is 2.47. The van der Waals surface area contributed by atoms with Crippen molar-refractivity contribution in [2.75, 3.05) is 13.7 Å². The van der Waals surface area contributed by atoms with Gasteiger partial charge in [0.05, 0.1) is 19.1 Å². The van der Waals surface area contributed by atoms with Crippen LogP contribution < -0.4 is 9.47 Å². The second kappa shape index (κ2) is 7.08. The van der Waals surface area contributed by atoms with Crippen LogP contribution in [0.1, 0.15) is 23.0 Å². The predicted octanol–water partition coefficient (Wildman–Crippen LogP) is 4.20. The van der Waals surface area contributed by atoms with Gasteiger partial charge in [-0.1, -0.05) is 30.3 Å². The molecular weight excluding hydrogens is 308 g/mol. The number of para-hydroxylation sites is 2. The van der Waals surface area contributed by atoms with E-state index in [1.807, 2.05) is 42.5 Å². The summed E-state index contributed by atoms with van der Waals surface area (Å²) < 4.78 is 21.9. The Morgan fingerprint density at radius 3 is 2.62 bits per heavy atom. The highest BCUT2D eigenvalue weighted by molar-refractivity contribution is 5.98. The van der Waals surface area contributed by atoms with E-state index in [4.69, 9.17) is 18.6 Å². The molecule has 0 fully saturated rings. The van der Waals surface area contributed by atoms with E-state index in [-0.39, 0.29) is 19.0 Å². The van der Waals surface area contributed by atoms with Gasteiger partial charge >= 0.3 is 5.97 Å². The largest absolute Gasteiger partial charge is 0.496 e. The summed E-state index contributed by atoms with van der Waals surface area (Å²) in [7, 11) is 1.61. The zero-order chi connectivity index (χ0) is 16.9. The Morgan fingerprint density at radius 2 is 1.83 bits per heavy atom. The van der Waals surface area contributed by atoms with Crippen molar-refractivity contribution in [1.29, 1.82) is 0 Å². The molecule has 0 saturated heterocycles. The van der Waals surface area contributed by atoms with Crippen LogP contribution in [0.15, 0.2) is 52.9 Å². The van der Waals surface area contributed by atoms with E-state index in [1.165, 1.54) is 0 Å². The van der Waals surface area contributed by atoms with Gasteiger partial charge in [0.2, 0.25) is 0 Å². The van der Waals surface area contributed by atoms with Crippen LogP contribution in [0, 0.1) is 0 Å². The van der Waals surface area contributed by atoms with Crippen LogP contribution in [0.4, 0.5) is 0 Å². The Labute approximate surface area is 139 Å². The van der Waals surface area contributed by atoms with Gasteiger partial charge in [0.25, 0.3) is 5.76 Å². The number of fused-ring (bicyclic) bond motifs is 1. The molecule has 0 saturated carbocycles. The molecule has 0 aliphatic rings. The fraction of sp³-hybridized carbons (Fsp3) is 0.211. The topological polar surface area (TPSA) is 57.9 Å². The average Bonchev–Trinajstić information content (AvgIpc) is 2.99. The molecular formula is C19H18O5. The Bertz CT molecular complexity index is 850. The van der Waals surface area contributed by atoms with E-state index in [9.17, 15) is 4.79 Å². The molecule has 24 heavy (non-hydrogen) atoms. The third kappa shape index (κ3) is 3.06. The summed E-state index contributed by atoms with van der Waals surface area (Å²) in [6.07, 6.45) is 0. The van der Waals surface area contributed by atoms with Crippen LogP contribution in [0.5, 0.6) is 11.5 Å². The van der Waals surface area contributed by atoms with Crippen LogP contribution in [0.25, 0.3) is 11.0 Å². The highest BCUT2D eigenvalue weighted by Crippen LogP contribution is 2.34. The van der Waals surface area contributed by atoms with Crippen LogP contribution in [0.3, 0.4) is 0 Å². The summed E-state index contributed by atoms with van der Waals surface area (Å²) in [5, 5.41) is 0.732. The highest BCUT2D eigenvalue weighted by Gasteiger charge is 2.23. The van der Waals surface area contributed by atoms with E-state index >= 15 is 0 Å². The minimum absolute atomic E-state index is 0.0768. The monoisotopic (exact) mass is 326 g/mol. The number of furan rings is 1. The number of esters is 1. The standard InChI is InChI=1S/C19H18O5/c1-3-22-19(20)18-17(14-9-5-7-11-16(14)24-18)23-12-13-8-4-6-10-15(13)21-2/h4-11H,3,12H2,1-2H3. The summed E-state index contributed by atoms with van der Waals surface area (Å²) in [5.41, 5.74) is 1.45. The molecule has 5 heteroatoms. The molecule has 0 radical (unpaired) electrons. The predicted molar refractivity (Wildman–Crippen MR) is 89.5 cm³/mol. The number of hydrogen-bond acceptors (Lipinski definition) is 5. The number of benzene rings is 2. The number of hydrogen-bond donors (Lipinski definition) is 0. The molecule has 124 valence electrons. The average molecular weight is 326 g/mol. The number of carbonyl (C=O) groups excluding carboxylic acids is 1. The Morgan fingerprint density at radius 1 is 1.08 bits per heavy atom. The quantitative estimate of drug-likeness (QED) is 0.636. The maximum atomic E-state index is 12.1. The first-order chi connectivity index (χ1) is 11.7. The lowest BCUT2D eigenvalue weighted by Crippen LogP contribution is -2.06. The molecule has 3 aromatic rings. The molecule has 0 aliphatic carbocycles. The lowest BCUT2D eigenvalue weighted by molar-refractivity contribution is 0.0486. The molecule has 2 aromatic carbocycles. The van der Waals surface area contributed by atoms with Crippen molar-refractivity contribution in [2.24, 2.45) is 0 Å². The SMILES string of the molecule is CCOC(=O)c1oc2ccccc2c1OCc1ccccc1OC. The summed E-state index contributed by atoms with van der Waals surface area (Å²) >= 11 is 0. The smallest absolute Gasteiger partial charge is 0.378 e. The first kappa shape index (κ1) is 15.9. The van der Waals surface area contributed by atoms with Gasteiger partial charge in [-0.05, 0) is 25.1 Å². The van der Waals surface area contributed by atoms with Crippen molar-refractivity contribution in [3.63, 3.8) is 0 Å². The molecule has 5 nitrogen and oxygen atoms in total. The lowest BCUT2D eigenvalue weighted by Gasteiger charge is -2.10. The van der Waals surface area contributed by atoms with Gasteiger partial charge in [0.15, 0.2) is 5.75 Å². The molecule has 3 rings (SSSR count). The van der Waals surface area contributed by atoms with Gasteiger partial charge in [-0.2, -0.15) is 0 Å². The number of carbonyl (C=O) groups is 1. The van der Waals surface area contributed by atoms with Crippen LogP contribution in [-0.4, -0.2) is 19.7 Å². The summed E-state index contributed by atoms with van der Waals surface area (Å²) in [5.74, 6) is 0.648. The zero-order valence-corrected chi connectivity index (χ0v) is 13.6. The molecule has 0 amide bonds. The normalized spacial score (nSPS) is 10.6. The Balaban J connectivity index is 1.95. The van der Waals surface area contributed by atoms with Gasteiger partial charge in [0.1, 0.15) is 17.9 Å². The second-order valence-electron chi connectivity index (χ2n) is 5.08. The second-order valence-corrected chi connectivity index (χ2v) is 5.08. The van der Waals surface area contributed by atoms with Crippen molar-refractivity contribution in [3.05, 3.63) is 59.9 Å². The number of ether oxygens (including phenoxy) is 3.